The predicted octanol–water partition coefficient (Wildman–Crippen LogP) is 9.92. The Morgan fingerprint density at radius 3 is 2.33 bits per heavy atom. The minimum atomic E-state index is -2.17. The van der Waals surface area contributed by atoms with Crippen LogP contribution in [0.4, 0.5) is 0 Å². The second kappa shape index (κ2) is 19.9. The number of carboxylic acid groups (broad SMARTS) is 1. The fourth-order valence-electron chi connectivity index (χ4n) is 5.72. The lowest BCUT2D eigenvalue weighted by Gasteiger charge is -2.40. The van der Waals surface area contributed by atoms with Crippen molar-refractivity contribution in [2.45, 2.75) is 173 Å². The Balaban J connectivity index is 2.14. The van der Waals surface area contributed by atoms with E-state index in [1.165, 1.54) is 5.57 Å². The monoisotopic (exact) mass is 742 g/mol. The van der Waals surface area contributed by atoms with Crippen LogP contribution in [0, 0.1) is 17.8 Å². The molecule has 0 aromatic carbocycles. The van der Waals surface area contributed by atoms with Crippen molar-refractivity contribution in [3.8, 4) is 11.8 Å². The Kier molecular flexibility index (Phi) is 17.6. The first kappa shape index (κ1) is 45.1. The summed E-state index contributed by atoms with van der Waals surface area (Å²) in [5.74, 6) is 4.10. The number of aliphatic hydroxyl groups is 1. The number of aliphatic hydroxyl groups excluding tert-OH is 1. The van der Waals surface area contributed by atoms with Gasteiger partial charge in [-0.1, -0.05) is 115 Å². The van der Waals surface area contributed by atoms with Crippen molar-refractivity contribution in [3.05, 3.63) is 60.3 Å². The number of ether oxygens (including phenoxy) is 2. The average molecular weight is 743 g/mol. The molecule has 2 aliphatic rings. The molecule has 0 spiro atoms. The van der Waals surface area contributed by atoms with E-state index in [0.29, 0.717) is 31.8 Å². The van der Waals surface area contributed by atoms with Crippen LogP contribution in [0.2, 0.25) is 36.3 Å². The van der Waals surface area contributed by atoms with Gasteiger partial charge < -0.3 is 28.5 Å². The normalized spacial score (nSPS) is 23.0. The molecule has 288 valence electrons. The van der Waals surface area contributed by atoms with Crippen LogP contribution in [0.5, 0.6) is 0 Å². The van der Waals surface area contributed by atoms with Crippen LogP contribution < -0.4 is 0 Å². The van der Waals surface area contributed by atoms with Gasteiger partial charge >= 0.3 is 5.97 Å². The minimum Gasteiger partial charge on any atom is -0.472 e. The highest BCUT2D eigenvalue weighted by Gasteiger charge is 2.41. The maximum absolute atomic E-state index is 11.6. The minimum absolute atomic E-state index is 0.00701. The van der Waals surface area contributed by atoms with E-state index in [1.54, 1.807) is 0 Å². The summed E-state index contributed by atoms with van der Waals surface area (Å²) in [6, 6.07) is 0. The quantitative estimate of drug-likeness (QED) is 0.0871. The van der Waals surface area contributed by atoms with Gasteiger partial charge in [0.15, 0.2) is 16.6 Å². The van der Waals surface area contributed by atoms with Gasteiger partial charge in [0.1, 0.15) is 0 Å². The maximum Gasteiger partial charge on any atom is 0.381 e. The van der Waals surface area contributed by atoms with Gasteiger partial charge in [0, 0.05) is 12.3 Å². The molecule has 0 bridgehead atoms. The molecule has 0 saturated carbocycles. The van der Waals surface area contributed by atoms with Gasteiger partial charge in [-0.05, 0) is 87.6 Å². The van der Waals surface area contributed by atoms with Gasteiger partial charge in [-0.3, -0.25) is 0 Å². The van der Waals surface area contributed by atoms with E-state index in [0.717, 1.165) is 31.3 Å². The van der Waals surface area contributed by atoms with E-state index >= 15 is 0 Å². The van der Waals surface area contributed by atoms with Crippen molar-refractivity contribution >= 4 is 22.6 Å². The Morgan fingerprint density at radius 1 is 1.08 bits per heavy atom. The van der Waals surface area contributed by atoms with E-state index in [9.17, 15) is 9.90 Å². The molecule has 9 heteroatoms. The van der Waals surface area contributed by atoms with Gasteiger partial charge in [0.05, 0.1) is 43.2 Å². The van der Waals surface area contributed by atoms with Gasteiger partial charge in [-0.25, -0.2) is 4.79 Å². The molecule has 0 radical (unpaired) electrons. The average Bonchev–Trinajstić information content (AvgIpc) is 2.97. The first-order valence-corrected chi connectivity index (χ1v) is 24.7. The molecule has 2 N–H and O–H groups in total. The summed E-state index contributed by atoms with van der Waals surface area (Å²) in [4.78, 5) is 10.8. The van der Waals surface area contributed by atoms with Crippen molar-refractivity contribution < 1.29 is 33.3 Å². The molecular weight excluding hydrogens is 673 g/mol. The van der Waals surface area contributed by atoms with Crippen LogP contribution in [0.1, 0.15) is 100 Å². The number of hydrogen-bond donors (Lipinski definition) is 2. The third kappa shape index (κ3) is 16.3. The first-order chi connectivity index (χ1) is 23.5. The second-order valence-corrected chi connectivity index (χ2v) is 27.3. The molecule has 0 aromatic rings. The lowest BCUT2D eigenvalue weighted by molar-refractivity contribution is -0.130. The molecule has 0 fully saturated rings. The Labute approximate surface area is 312 Å². The Hall–Kier alpha value is -2.04. The molecule has 0 aliphatic carbocycles. The summed E-state index contributed by atoms with van der Waals surface area (Å²) >= 11 is 0. The summed E-state index contributed by atoms with van der Waals surface area (Å²) in [6.07, 6.45) is 18.0. The second-order valence-electron chi connectivity index (χ2n) is 17.8. The van der Waals surface area contributed by atoms with Gasteiger partial charge in [0.2, 0.25) is 0 Å². The molecule has 7 atom stereocenters. The van der Waals surface area contributed by atoms with Gasteiger partial charge in [-0.15, -0.1) is 0 Å². The molecule has 0 saturated heterocycles. The van der Waals surface area contributed by atoms with E-state index in [1.807, 2.05) is 12.2 Å². The van der Waals surface area contributed by atoms with Crippen molar-refractivity contribution in [1.29, 1.82) is 0 Å². The lowest BCUT2D eigenvalue weighted by Crippen LogP contribution is -2.46. The summed E-state index contributed by atoms with van der Waals surface area (Å²) in [5.41, 5.74) is 2.45. The zero-order chi connectivity index (χ0) is 38.6. The molecule has 2 aliphatic heterocycles. The highest BCUT2D eigenvalue weighted by molar-refractivity contribution is 6.74. The number of aliphatic carboxylic acids is 1. The molecular formula is C42H70O7Si2. The maximum atomic E-state index is 11.6. The first-order valence-electron chi connectivity index (χ1n) is 18.9. The van der Waals surface area contributed by atoms with Crippen molar-refractivity contribution in [1.82, 2.24) is 0 Å². The van der Waals surface area contributed by atoms with Crippen LogP contribution in [0.25, 0.3) is 0 Å². The predicted molar refractivity (Wildman–Crippen MR) is 216 cm³/mol. The smallest absolute Gasteiger partial charge is 0.381 e. The largest absolute Gasteiger partial charge is 0.472 e. The fraction of sp³-hybridized carbons (Fsp3) is 0.690. The van der Waals surface area contributed by atoms with E-state index in [2.05, 4.69) is 130 Å². The summed E-state index contributed by atoms with van der Waals surface area (Å²) in [5, 5.41) is 20.4. The number of rotatable bonds is 17. The molecule has 1 unspecified atom stereocenters. The van der Waals surface area contributed by atoms with E-state index < -0.39 is 34.8 Å². The number of hydrogen-bond acceptors (Lipinski definition) is 6. The standard InChI is InChI=1S/C42H70O7Si2/c1-31-25-26-46-35(28-31)23-24-39(49-51(12,13)42(7,8)9)38(43)21-15-20-37(48-50(10,11)41(4,5)6)30-33(3)27-32(2)29-36-19-14-17-34(47-36)18-16-22-40(44)45/h14-15,17,20,23-25,32,34-39,43H,3,18-19,21,26-30H2,1-2,4-13H3,(H,44,45)/t32-,34-,35+,36-,37?,38-,39-/m0/s1. The van der Waals surface area contributed by atoms with Crippen LogP contribution in [0.15, 0.2) is 60.3 Å². The third-order valence-electron chi connectivity index (χ3n) is 10.8. The van der Waals surface area contributed by atoms with Crippen molar-refractivity contribution in [2.75, 3.05) is 6.61 Å². The van der Waals surface area contributed by atoms with Crippen LogP contribution in [-0.4, -0.2) is 76.0 Å². The van der Waals surface area contributed by atoms with Gasteiger partial charge in [0.25, 0.3) is 0 Å². The number of carboxylic acids is 1. The lowest BCUT2D eigenvalue weighted by atomic mass is 9.91. The zero-order valence-corrected chi connectivity index (χ0v) is 35.9. The fourth-order valence-corrected chi connectivity index (χ4v) is 8.26. The van der Waals surface area contributed by atoms with Crippen LogP contribution in [0.3, 0.4) is 0 Å². The van der Waals surface area contributed by atoms with E-state index in [4.69, 9.17) is 23.4 Å². The van der Waals surface area contributed by atoms with E-state index in [-0.39, 0.29) is 34.5 Å². The molecule has 51 heavy (non-hydrogen) atoms. The third-order valence-corrected chi connectivity index (χ3v) is 19.8. The van der Waals surface area contributed by atoms with Gasteiger partial charge in [-0.2, -0.15) is 0 Å². The molecule has 7 nitrogen and oxygen atoms in total. The Bertz CT molecular complexity index is 1320. The zero-order valence-electron chi connectivity index (χ0n) is 33.9. The van der Waals surface area contributed by atoms with Crippen molar-refractivity contribution in [2.24, 2.45) is 5.92 Å². The highest BCUT2D eigenvalue weighted by atomic mass is 28.4. The molecule has 2 rings (SSSR count). The SMILES string of the molecule is C=C(CC(C=CC[C@H](O)[C@H](C=C[C@@H]1CC(C)=CCO1)O[Si](C)(C)C(C)(C)C)O[Si](C)(C)C(C)(C)C)C[C@H](C)C[C@@H]1CC=C[C@@H](CC#CC(=O)O)O1. The molecule has 2 heterocycles. The summed E-state index contributed by atoms with van der Waals surface area (Å²) in [6.45, 7) is 31.9. The van der Waals surface area contributed by atoms with Crippen LogP contribution >= 0.6 is 0 Å². The molecule has 0 aromatic heterocycles. The summed E-state index contributed by atoms with van der Waals surface area (Å²) in [7, 11) is -4.28. The summed E-state index contributed by atoms with van der Waals surface area (Å²) < 4.78 is 25.9. The Morgan fingerprint density at radius 2 is 1.73 bits per heavy atom. The van der Waals surface area contributed by atoms with Crippen LogP contribution in [-0.2, 0) is 23.1 Å². The molecule has 0 amide bonds. The topological polar surface area (TPSA) is 94.5 Å². The van der Waals surface area contributed by atoms with Crippen molar-refractivity contribution in [3.63, 3.8) is 0 Å². The highest BCUT2D eigenvalue weighted by Crippen LogP contribution is 2.39. The number of carbonyl (C=O) groups is 1.